The highest BCUT2D eigenvalue weighted by Crippen LogP contribution is 2.56. The van der Waals surface area contributed by atoms with Crippen molar-refractivity contribution in [1.82, 2.24) is 9.97 Å². The van der Waals surface area contributed by atoms with Crippen molar-refractivity contribution in [3.63, 3.8) is 0 Å². The number of fused-ring (bicyclic) bond motifs is 7. The highest BCUT2D eigenvalue weighted by atomic mass is 16.3. The van der Waals surface area contributed by atoms with Gasteiger partial charge < -0.3 is 8.83 Å². The van der Waals surface area contributed by atoms with Gasteiger partial charge in [0.05, 0.1) is 12.4 Å². The van der Waals surface area contributed by atoms with Gasteiger partial charge in [-0.05, 0) is 102 Å². The summed E-state index contributed by atoms with van der Waals surface area (Å²) in [4.78, 5) is 8.80. The number of benzene rings is 6. The normalized spacial score (nSPS) is 13.3. The van der Waals surface area contributed by atoms with E-state index in [1.807, 2.05) is 0 Å². The Hall–Kier alpha value is -5.74. The van der Waals surface area contributed by atoms with Crippen LogP contribution in [0.5, 0.6) is 0 Å². The van der Waals surface area contributed by atoms with Crippen LogP contribution in [0, 0.1) is 0 Å². The molecule has 0 aliphatic heterocycles. The van der Waals surface area contributed by atoms with Crippen molar-refractivity contribution in [3.05, 3.63) is 145 Å². The molecule has 8 aromatic rings. The lowest BCUT2D eigenvalue weighted by atomic mass is 9.79. The van der Waals surface area contributed by atoms with Crippen molar-refractivity contribution in [1.29, 1.82) is 0 Å². The molecule has 2 aromatic heterocycles. The average Bonchev–Trinajstić information content (AvgIpc) is 3.86. The van der Waals surface area contributed by atoms with Crippen LogP contribution >= 0.6 is 0 Å². The molecule has 0 N–H and O–H groups in total. The molecule has 1 aliphatic carbocycles. The minimum atomic E-state index is -0.234. The Balaban J connectivity index is 1.31. The maximum absolute atomic E-state index is 5.64. The number of nitrogens with zero attached hydrogens (tertiary/aromatic N) is 2. The predicted molar refractivity (Wildman–Crippen MR) is 181 cm³/mol. The van der Waals surface area contributed by atoms with Crippen LogP contribution in [0.15, 0.2) is 143 Å². The monoisotopic (exact) mass is 580 g/mol. The predicted octanol–water partition coefficient (Wildman–Crippen LogP) is 10.9. The molecule has 4 nitrogen and oxygen atoms in total. The summed E-state index contributed by atoms with van der Waals surface area (Å²) in [6.45, 7) is 4.72. The highest BCUT2D eigenvalue weighted by Gasteiger charge is 2.39. The fraction of sp³-hybridized carbons (Fsp3) is 0.0732. The molecule has 214 valence electrons. The lowest BCUT2D eigenvalue weighted by Crippen LogP contribution is -2.15. The van der Waals surface area contributed by atoms with Crippen LogP contribution in [0.3, 0.4) is 0 Å². The van der Waals surface area contributed by atoms with Gasteiger partial charge in [0.1, 0.15) is 12.5 Å². The Morgan fingerprint density at radius 1 is 0.467 bits per heavy atom. The van der Waals surface area contributed by atoms with E-state index in [2.05, 4.69) is 133 Å². The van der Waals surface area contributed by atoms with Crippen LogP contribution in [0.2, 0.25) is 0 Å². The summed E-state index contributed by atoms with van der Waals surface area (Å²) in [5.41, 5.74) is 11.7. The standard InChI is InChI=1S/C41H28N2O2/c1-41(2)35-23-33(25-9-7-11-27(21-25)39-42-17-19-44-39)29-13-3-5-15-31(29)37(35)38-32-16-6-4-14-30(32)34(24-36(38)41)26-10-8-12-28(22-26)40-43-18-20-45-40/h3-24H,1-2H3. The summed E-state index contributed by atoms with van der Waals surface area (Å²) in [6, 6.07) is 39.5. The highest BCUT2D eigenvalue weighted by molar-refractivity contribution is 6.16. The maximum atomic E-state index is 5.64. The van der Waals surface area contributed by atoms with Gasteiger partial charge in [-0.25, -0.2) is 9.97 Å². The molecule has 2 heterocycles. The van der Waals surface area contributed by atoms with Crippen LogP contribution in [-0.2, 0) is 5.41 Å². The number of aromatic nitrogens is 2. The number of hydrogen-bond donors (Lipinski definition) is 0. The van der Waals surface area contributed by atoms with Gasteiger partial charge in [0.2, 0.25) is 11.8 Å². The van der Waals surface area contributed by atoms with Crippen molar-refractivity contribution in [3.8, 4) is 56.3 Å². The van der Waals surface area contributed by atoms with Crippen molar-refractivity contribution >= 4 is 21.5 Å². The molecule has 45 heavy (non-hydrogen) atoms. The van der Waals surface area contributed by atoms with E-state index in [1.165, 1.54) is 54.9 Å². The molecule has 6 aromatic carbocycles. The van der Waals surface area contributed by atoms with Gasteiger partial charge >= 0.3 is 0 Å². The van der Waals surface area contributed by atoms with E-state index in [4.69, 9.17) is 8.83 Å². The summed E-state index contributed by atoms with van der Waals surface area (Å²) in [5.74, 6) is 1.25. The van der Waals surface area contributed by atoms with Crippen molar-refractivity contribution in [2.75, 3.05) is 0 Å². The molecular weight excluding hydrogens is 552 g/mol. The Kier molecular flexibility index (Phi) is 5.51. The third-order valence-corrected chi connectivity index (χ3v) is 9.39. The lowest BCUT2D eigenvalue weighted by molar-refractivity contribution is 0.574. The zero-order chi connectivity index (χ0) is 30.1. The Morgan fingerprint density at radius 3 is 1.31 bits per heavy atom. The van der Waals surface area contributed by atoms with Crippen molar-refractivity contribution in [2.24, 2.45) is 0 Å². The molecular formula is C41H28N2O2. The third kappa shape index (κ3) is 3.85. The quantitative estimate of drug-likeness (QED) is 0.208. The molecule has 0 bridgehead atoms. The first-order valence-corrected chi connectivity index (χ1v) is 15.2. The summed E-state index contributed by atoms with van der Waals surface area (Å²) >= 11 is 0. The zero-order valence-corrected chi connectivity index (χ0v) is 24.9. The molecule has 0 fully saturated rings. The Morgan fingerprint density at radius 2 is 0.889 bits per heavy atom. The van der Waals surface area contributed by atoms with Crippen LogP contribution in [-0.4, -0.2) is 9.97 Å². The van der Waals surface area contributed by atoms with Gasteiger partial charge in [-0.2, -0.15) is 0 Å². The molecule has 0 saturated heterocycles. The molecule has 1 aliphatic rings. The second kappa shape index (κ2) is 9.63. The van der Waals surface area contributed by atoms with Crippen LogP contribution in [0.1, 0.15) is 25.0 Å². The molecule has 0 amide bonds. The SMILES string of the molecule is CC1(C)c2cc(-c3cccc(-c4ncco4)c3)c3ccccc3c2-c2c1cc(-c1cccc(-c3ncco3)c1)c1ccccc21. The summed E-state index contributed by atoms with van der Waals surface area (Å²) < 4.78 is 11.3. The van der Waals surface area contributed by atoms with Crippen LogP contribution in [0.25, 0.3) is 77.8 Å². The Labute approximate surface area is 260 Å². The first-order valence-electron chi connectivity index (χ1n) is 15.2. The van der Waals surface area contributed by atoms with E-state index in [9.17, 15) is 0 Å². The largest absolute Gasteiger partial charge is 0.445 e. The van der Waals surface area contributed by atoms with Crippen LogP contribution < -0.4 is 0 Å². The van der Waals surface area contributed by atoms with E-state index >= 15 is 0 Å². The van der Waals surface area contributed by atoms with E-state index in [1.54, 1.807) is 24.9 Å². The van der Waals surface area contributed by atoms with Gasteiger partial charge in [-0.1, -0.05) is 86.6 Å². The van der Waals surface area contributed by atoms with Gasteiger partial charge in [-0.3, -0.25) is 0 Å². The molecule has 0 unspecified atom stereocenters. The van der Waals surface area contributed by atoms with Gasteiger partial charge in [-0.15, -0.1) is 0 Å². The molecule has 0 radical (unpaired) electrons. The second-order valence-corrected chi connectivity index (χ2v) is 12.2. The zero-order valence-electron chi connectivity index (χ0n) is 24.9. The van der Waals surface area contributed by atoms with E-state index in [0.29, 0.717) is 11.8 Å². The summed E-state index contributed by atoms with van der Waals surface area (Å²) in [7, 11) is 0. The first kappa shape index (κ1) is 25.7. The first-order chi connectivity index (χ1) is 22.1. The fourth-order valence-electron chi connectivity index (χ4n) is 7.27. The van der Waals surface area contributed by atoms with Gasteiger partial charge in [0.15, 0.2) is 0 Å². The minimum Gasteiger partial charge on any atom is -0.445 e. The van der Waals surface area contributed by atoms with E-state index in [-0.39, 0.29) is 5.41 Å². The Bertz CT molecular complexity index is 2230. The van der Waals surface area contributed by atoms with Crippen molar-refractivity contribution in [2.45, 2.75) is 19.3 Å². The number of oxazole rings is 2. The summed E-state index contributed by atoms with van der Waals surface area (Å²) in [5, 5.41) is 5.00. The number of hydrogen-bond acceptors (Lipinski definition) is 4. The average molecular weight is 581 g/mol. The second-order valence-electron chi connectivity index (χ2n) is 12.2. The molecule has 0 atom stereocenters. The smallest absolute Gasteiger partial charge is 0.225 e. The minimum absolute atomic E-state index is 0.234. The lowest BCUT2D eigenvalue weighted by Gasteiger charge is -2.24. The fourth-order valence-corrected chi connectivity index (χ4v) is 7.27. The van der Waals surface area contributed by atoms with E-state index in [0.717, 1.165) is 22.3 Å². The van der Waals surface area contributed by atoms with Gasteiger partial charge in [0, 0.05) is 16.5 Å². The molecule has 4 heteroatoms. The van der Waals surface area contributed by atoms with E-state index < -0.39 is 0 Å². The topological polar surface area (TPSA) is 52.1 Å². The molecule has 0 spiro atoms. The number of rotatable bonds is 4. The summed E-state index contributed by atoms with van der Waals surface area (Å²) in [6.07, 6.45) is 6.62. The molecule has 9 rings (SSSR count). The van der Waals surface area contributed by atoms with Crippen LogP contribution in [0.4, 0.5) is 0 Å². The molecule has 0 saturated carbocycles. The third-order valence-electron chi connectivity index (χ3n) is 9.39. The van der Waals surface area contributed by atoms with Gasteiger partial charge in [0.25, 0.3) is 0 Å². The maximum Gasteiger partial charge on any atom is 0.225 e. The van der Waals surface area contributed by atoms with Crippen molar-refractivity contribution < 1.29 is 8.83 Å².